The molecular weight excluding hydrogens is 356 g/mol. The Balaban J connectivity index is 1.53. The first-order valence-corrected chi connectivity index (χ1v) is 8.58. The van der Waals surface area contributed by atoms with Gasteiger partial charge in [0.1, 0.15) is 5.75 Å². The molecule has 0 aliphatic carbocycles. The van der Waals surface area contributed by atoms with Crippen LogP contribution in [0.3, 0.4) is 0 Å². The number of hydrogen-bond acceptors (Lipinski definition) is 4. The van der Waals surface area contributed by atoms with Gasteiger partial charge < -0.3 is 20.2 Å². The molecule has 4 rings (SSSR count). The Labute approximate surface area is 160 Å². The van der Waals surface area contributed by atoms with E-state index in [0.29, 0.717) is 11.4 Å². The minimum absolute atomic E-state index is 0.0986. The predicted octanol–water partition coefficient (Wildman–Crippen LogP) is 4.64. The second-order valence-corrected chi connectivity index (χ2v) is 6.18. The molecule has 0 unspecified atom stereocenters. The van der Waals surface area contributed by atoms with Crippen LogP contribution in [0.25, 0.3) is 10.8 Å². The molecule has 0 saturated carbocycles. The van der Waals surface area contributed by atoms with Gasteiger partial charge in [-0.2, -0.15) is 0 Å². The van der Waals surface area contributed by atoms with Gasteiger partial charge >= 0.3 is 0 Å². The first kappa shape index (κ1) is 17.4. The van der Waals surface area contributed by atoms with E-state index in [1.165, 1.54) is 6.26 Å². The summed E-state index contributed by atoms with van der Waals surface area (Å²) >= 11 is 0. The van der Waals surface area contributed by atoms with Crippen molar-refractivity contribution in [1.82, 2.24) is 0 Å². The number of carbonyl (C=O) groups is 2. The van der Waals surface area contributed by atoms with Crippen LogP contribution in [0.5, 0.6) is 5.75 Å². The van der Waals surface area contributed by atoms with Gasteiger partial charge in [0.2, 0.25) is 0 Å². The molecule has 3 aromatic carbocycles. The Morgan fingerprint density at radius 3 is 2.11 bits per heavy atom. The van der Waals surface area contributed by atoms with Crippen LogP contribution in [0.1, 0.15) is 20.9 Å². The maximum Gasteiger partial charge on any atom is 0.291 e. The summed E-state index contributed by atoms with van der Waals surface area (Å²) in [6.45, 7) is 0. The van der Waals surface area contributed by atoms with E-state index < -0.39 is 5.91 Å². The molecule has 0 radical (unpaired) electrons. The maximum atomic E-state index is 12.6. The molecule has 3 N–H and O–H groups in total. The molecule has 138 valence electrons. The van der Waals surface area contributed by atoms with Crippen LogP contribution >= 0.6 is 0 Å². The molecular formula is C22H16N2O4. The van der Waals surface area contributed by atoms with Gasteiger partial charge in [-0.1, -0.05) is 30.3 Å². The van der Waals surface area contributed by atoms with E-state index in [2.05, 4.69) is 10.6 Å². The lowest BCUT2D eigenvalue weighted by Crippen LogP contribution is -2.13. The van der Waals surface area contributed by atoms with E-state index in [0.717, 1.165) is 10.8 Å². The van der Waals surface area contributed by atoms with E-state index in [1.54, 1.807) is 48.5 Å². The summed E-state index contributed by atoms with van der Waals surface area (Å²) in [6, 6.07) is 20.6. The predicted molar refractivity (Wildman–Crippen MR) is 107 cm³/mol. The quantitative estimate of drug-likeness (QED) is 0.486. The normalized spacial score (nSPS) is 10.6. The third-order valence-electron chi connectivity index (χ3n) is 4.23. The Morgan fingerprint density at radius 1 is 0.750 bits per heavy atom. The van der Waals surface area contributed by atoms with Crippen molar-refractivity contribution < 1.29 is 19.1 Å². The van der Waals surface area contributed by atoms with Gasteiger partial charge in [0.15, 0.2) is 5.76 Å². The number of furan rings is 1. The molecule has 0 atom stereocenters. The summed E-state index contributed by atoms with van der Waals surface area (Å²) in [7, 11) is 0. The number of benzene rings is 3. The molecule has 0 fully saturated rings. The van der Waals surface area contributed by atoms with Crippen LogP contribution in [0.2, 0.25) is 0 Å². The van der Waals surface area contributed by atoms with Crippen LogP contribution < -0.4 is 10.6 Å². The number of anilines is 2. The summed E-state index contributed by atoms with van der Waals surface area (Å²) in [6.07, 6.45) is 1.42. The zero-order valence-corrected chi connectivity index (χ0v) is 14.7. The molecule has 0 aliphatic heterocycles. The number of phenolic OH excluding ortho intramolecular Hbond substituents is 1. The van der Waals surface area contributed by atoms with E-state index in [4.69, 9.17) is 4.42 Å². The van der Waals surface area contributed by atoms with Crippen molar-refractivity contribution in [3.63, 3.8) is 0 Å². The average molecular weight is 372 g/mol. The molecule has 0 aliphatic rings. The summed E-state index contributed by atoms with van der Waals surface area (Å²) in [5.41, 5.74) is 1.15. The van der Waals surface area contributed by atoms with Crippen molar-refractivity contribution in [2.24, 2.45) is 0 Å². The SMILES string of the molecule is O=C(Nc1cccc(NC(=O)c2cc3ccccc3cc2O)c1)c1ccco1. The topological polar surface area (TPSA) is 91.6 Å². The smallest absolute Gasteiger partial charge is 0.291 e. The number of aromatic hydroxyl groups is 1. The van der Waals surface area contributed by atoms with Gasteiger partial charge in [0, 0.05) is 11.4 Å². The number of carbonyl (C=O) groups excluding carboxylic acids is 2. The van der Waals surface area contributed by atoms with Crippen molar-refractivity contribution in [1.29, 1.82) is 0 Å². The Kier molecular flexibility index (Phi) is 4.51. The van der Waals surface area contributed by atoms with Gasteiger partial charge in [0.05, 0.1) is 11.8 Å². The fourth-order valence-corrected chi connectivity index (χ4v) is 2.88. The fourth-order valence-electron chi connectivity index (χ4n) is 2.88. The molecule has 4 aromatic rings. The van der Waals surface area contributed by atoms with E-state index in [-0.39, 0.29) is 23.0 Å². The third-order valence-corrected chi connectivity index (χ3v) is 4.23. The van der Waals surface area contributed by atoms with E-state index in [9.17, 15) is 14.7 Å². The van der Waals surface area contributed by atoms with Crippen LogP contribution in [-0.2, 0) is 0 Å². The van der Waals surface area contributed by atoms with Crippen molar-refractivity contribution in [3.8, 4) is 5.75 Å². The maximum absolute atomic E-state index is 12.6. The summed E-state index contributed by atoms with van der Waals surface area (Å²) in [5, 5.41) is 17.3. The Bertz CT molecular complexity index is 1170. The van der Waals surface area contributed by atoms with Crippen LogP contribution in [0.4, 0.5) is 11.4 Å². The fraction of sp³-hybridized carbons (Fsp3) is 0. The first-order chi connectivity index (χ1) is 13.6. The monoisotopic (exact) mass is 372 g/mol. The second kappa shape index (κ2) is 7.28. The van der Waals surface area contributed by atoms with Crippen molar-refractivity contribution in [3.05, 3.63) is 90.4 Å². The number of hydrogen-bond donors (Lipinski definition) is 3. The van der Waals surface area contributed by atoms with E-state index in [1.807, 2.05) is 24.3 Å². The molecule has 0 saturated heterocycles. The Hall–Kier alpha value is -4.06. The van der Waals surface area contributed by atoms with Crippen molar-refractivity contribution >= 4 is 34.0 Å². The minimum Gasteiger partial charge on any atom is -0.507 e. The van der Waals surface area contributed by atoms with Gasteiger partial charge in [-0.15, -0.1) is 0 Å². The van der Waals surface area contributed by atoms with Crippen molar-refractivity contribution in [2.45, 2.75) is 0 Å². The van der Waals surface area contributed by atoms with E-state index >= 15 is 0 Å². The lowest BCUT2D eigenvalue weighted by Gasteiger charge is -2.10. The molecule has 0 bridgehead atoms. The molecule has 1 aromatic heterocycles. The molecule has 2 amide bonds. The molecule has 28 heavy (non-hydrogen) atoms. The van der Waals surface area contributed by atoms with Gasteiger partial charge in [-0.3, -0.25) is 9.59 Å². The molecule has 1 heterocycles. The standard InChI is InChI=1S/C22H16N2O4/c25-19-12-15-6-2-1-5-14(15)11-18(19)21(26)23-16-7-3-8-17(13-16)24-22(27)20-9-4-10-28-20/h1-13,25H,(H,23,26)(H,24,27). The summed E-state index contributed by atoms with van der Waals surface area (Å²) < 4.78 is 5.06. The Morgan fingerprint density at radius 2 is 1.43 bits per heavy atom. The van der Waals surface area contributed by atoms with Gasteiger partial charge in [-0.05, 0) is 53.2 Å². The zero-order chi connectivity index (χ0) is 19.5. The number of nitrogens with one attached hydrogen (secondary N) is 2. The highest BCUT2D eigenvalue weighted by Crippen LogP contribution is 2.26. The van der Waals surface area contributed by atoms with Crippen LogP contribution in [0.15, 0.2) is 83.5 Å². The lowest BCUT2D eigenvalue weighted by molar-refractivity contribution is 0.0994. The highest BCUT2D eigenvalue weighted by molar-refractivity contribution is 6.09. The highest BCUT2D eigenvalue weighted by Gasteiger charge is 2.14. The zero-order valence-electron chi connectivity index (χ0n) is 14.7. The van der Waals surface area contributed by atoms with Crippen LogP contribution in [-0.4, -0.2) is 16.9 Å². The average Bonchev–Trinajstić information content (AvgIpc) is 3.22. The molecule has 6 heteroatoms. The molecule has 0 spiro atoms. The second-order valence-electron chi connectivity index (χ2n) is 6.18. The minimum atomic E-state index is -0.447. The molecule has 6 nitrogen and oxygen atoms in total. The van der Waals surface area contributed by atoms with Gasteiger partial charge in [-0.25, -0.2) is 0 Å². The first-order valence-electron chi connectivity index (χ1n) is 8.58. The number of rotatable bonds is 4. The third kappa shape index (κ3) is 3.57. The lowest BCUT2D eigenvalue weighted by atomic mass is 10.1. The summed E-state index contributed by atoms with van der Waals surface area (Å²) in [5.74, 6) is -0.743. The van der Waals surface area contributed by atoms with Gasteiger partial charge in [0.25, 0.3) is 11.8 Å². The summed E-state index contributed by atoms with van der Waals surface area (Å²) in [4.78, 5) is 24.7. The van der Waals surface area contributed by atoms with Crippen LogP contribution in [0, 0.1) is 0 Å². The van der Waals surface area contributed by atoms with Crippen molar-refractivity contribution in [2.75, 3.05) is 10.6 Å². The number of amides is 2. The highest BCUT2D eigenvalue weighted by atomic mass is 16.3. The number of phenols is 1. The largest absolute Gasteiger partial charge is 0.507 e. The number of fused-ring (bicyclic) bond motifs is 1.